The predicted molar refractivity (Wildman–Crippen MR) is 82.7 cm³/mol. The van der Waals surface area contributed by atoms with Crippen LogP contribution < -0.4 is 10.2 Å². The van der Waals surface area contributed by atoms with Gasteiger partial charge >= 0.3 is 0 Å². The third kappa shape index (κ3) is 4.53. The quantitative estimate of drug-likeness (QED) is 0.859. The van der Waals surface area contributed by atoms with Gasteiger partial charge in [-0.3, -0.25) is 4.68 Å². The molecule has 0 spiro atoms. The van der Waals surface area contributed by atoms with Crippen LogP contribution in [0.25, 0.3) is 0 Å². The summed E-state index contributed by atoms with van der Waals surface area (Å²) in [6.07, 6.45) is 2.43. The van der Waals surface area contributed by atoms with Crippen LogP contribution in [0.15, 0.2) is 0 Å². The highest BCUT2D eigenvalue weighted by molar-refractivity contribution is 5.49. The summed E-state index contributed by atoms with van der Waals surface area (Å²) in [4.78, 5) is 2.32. The molecule has 0 aliphatic heterocycles. The van der Waals surface area contributed by atoms with Crippen LogP contribution in [0, 0.1) is 6.92 Å². The van der Waals surface area contributed by atoms with Crippen molar-refractivity contribution in [3.8, 4) is 0 Å². The SMILES string of the molecule is CCCCN(C)c1c(CNC(C)(C)C)c(C)nn1C. The maximum atomic E-state index is 4.58. The molecular weight excluding hydrogens is 236 g/mol. The highest BCUT2D eigenvalue weighted by Crippen LogP contribution is 2.23. The Labute approximate surface area is 118 Å². The van der Waals surface area contributed by atoms with Crippen molar-refractivity contribution in [2.75, 3.05) is 18.5 Å². The number of unbranched alkanes of at least 4 members (excludes halogenated alkanes) is 1. The smallest absolute Gasteiger partial charge is 0.131 e. The summed E-state index contributed by atoms with van der Waals surface area (Å²) in [6, 6.07) is 0. The maximum Gasteiger partial charge on any atom is 0.131 e. The second-order valence-electron chi connectivity index (χ2n) is 6.39. The summed E-state index contributed by atoms with van der Waals surface area (Å²) < 4.78 is 2.00. The van der Waals surface area contributed by atoms with Crippen LogP contribution in [0.2, 0.25) is 0 Å². The Morgan fingerprint density at radius 3 is 2.47 bits per heavy atom. The summed E-state index contributed by atoms with van der Waals surface area (Å²) >= 11 is 0. The monoisotopic (exact) mass is 266 g/mol. The molecule has 0 amide bonds. The van der Waals surface area contributed by atoms with Gasteiger partial charge in [0.2, 0.25) is 0 Å². The van der Waals surface area contributed by atoms with Crippen molar-refractivity contribution in [1.29, 1.82) is 0 Å². The van der Waals surface area contributed by atoms with Crippen molar-refractivity contribution < 1.29 is 0 Å². The average molecular weight is 266 g/mol. The minimum atomic E-state index is 0.127. The largest absolute Gasteiger partial charge is 0.360 e. The lowest BCUT2D eigenvalue weighted by Gasteiger charge is -2.24. The molecule has 1 rings (SSSR count). The van der Waals surface area contributed by atoms with Crippen LogP contribution in [0.1, 0.15) is 51.8 Å². The number of hydrogen-bond acceptors (Lipinski definition) is 3. The molecule has 0 saturated carbocycles. The van der Waals surface area contributed by atoms with Gasteiger partial charge in [-0.25, -0.2) is 0 Å². The number of aromatic nitrogens is 2. The third-order valence-electron chi connectivity index (χ3n) is 3.32. The average Bonchev–Trinajstić information content (AvgIpc) is 2.57. The Balaban J connectivity index is 2.90. The first kappa shape index (κ1) is 16.0. The van der Waals surface area contributed by atoms with Crippen LogP contribution in [-0.2, 0) is 13.6 Å². The van der Waals surface area contributed by atoms with Gasteiger partial charge in [-0.15, -0.1) is 0 Å². The topological polar surface area (TPSA) is 33.1 Å². The second kappa shape index (κ2) is 6.42. The molecule has 0 aliphatic rings. The molecule has 110 valence electrons. The van der Waals surface area contributed by atoms with Crippen LogP contribution in [-0.4, -0.2) is 28.9 Å². The van der Waals surface area contributed by atoms with Gasteiger partial charge in [-0.1, -0.05) is 13.3 Å². The molecule has 1 aromatic rings. The van der Waals surface area contributed by atoms with E-state index in [4.69, 9.17) is 0 Å². The maximum absolute atomic E-state index is 4.58. The molecule has 0 bridgehead atoms. The van der Waals surface area contributed by atoms with Crippen LogP contribution in [0.3, 0.4) is 0 Å². The summed E-state index contributed by atoms with van der Waals surface area (Å²) in [6.45, 7) is 12.9. The number of anilines is 1. The van der Waals surface area contributed by atoms with E-state index < -0.39 is 0 Å². The Morgan fingerprint density at radius 1 is 1.32 bits per heavy atom. The van der Waals surface area contributed by atoms with Gasteiger partial charge in [-0.05, 0) is 34.1 Å². The van der Waals surface area contributed by atoms with Crippen molar-refractivity contribution in [1.82, 2.24) is 15.1 Å². The van der Waals surface area contributed by atoms with Crippen molar-refractivity contribution in [2.24, 2.45) is 7.05 Å². The molecule has 4 heteroatoms. The van der Waals surface area contributed by atoms with Gasteiger partial charge < -0.3 is 10.2 Å². The summed E-state index contributed by atoms with van der Waals surface area (Å²) in [5, 5.41) is 8.14. The fraction of sp³-hybridized carbons (Fsp3) is 0.800. The number of hydrogen-bond donors (Lipinski definition) is 1. The molecule has 1 aromatic heterocycles. The minimum Gasteiger partial charge on any atom is -0.360 e. The van der Waals surface area contributed by atoms with Gasteiger partial charge in [0.15, 0.2) is 0 Å². The van der Waals surface area contributed by atoms with E-state index in [1.165, 1.54) is 24.2 Å². The van der Waals surface area contributed by atoms with Gasteiger partial charge in [0.25, 0.3) is 0 Å². The molecule has 4 nitrogen and oxygen atoms in total. The first-order valence-corrected chi connectivity index (χ1v) is 7.25. The molecule has 0 atom stereocenters. The normalized spacial score (nSPS) is 11.9. The molecule has 0 aromatic carbocycles. The lowest BCUT2D eigenvalue weighted by molar-refractivity contribution is 0.424. The number of aryl methyl sites for hydroxylation is 2. The fourth-order valence-electron chi connectivity index (χ4n) is 2.23. The molecule has 0 saturated heterocycles. The molecule has 1 N–H and O–H groups in total. The van der Waals surface area contributed by atoms with E-state index in [2.05, 4.69) is 57.0 Å². The number of rotatable bonds is 6. The highest BCUT2D eigenvalue weighted by atomic mass is 15.4. The van der Waals surface area contributed by atoms with Crippen molar-refractivity contribution in [2.45, 2.75) is 59.5 Å². The summed E-state index contributed by atoms with van der Waals surface area (Å²) in [7, 11) is 4.19. The molecule has 19 heavy (non-hydrogen) atoms. The molecule has 0 aliphatic carbocycles. The van der Waals surface area contributed by atoms with Crippen molar-refractivity contribution in [3.63, 3.8) is 0 Å². The first-order valence-electron chi connectivity index (χ1n) is 7.25. The molecule has 0 unspecified atom stereocenters. The first-order chi connectivity index (χ1) is 8.76. The number of nitrogens with one attached hydrogen (secondary N) is 1. The minimum absolute atomic E-state index is 0.127. The zero-order valence-electron chi connectivity index (χ0n) is 13.7. The zero-order chi connectivity index (χ0) is 14.6. The van der Waals surface area contributed by atoms with Crippen LogP contribution >= 0.6 is 0 Å². The molecular formula is C15H30N4. The number of nitrogens with zero attached hydrogens (tertiary/aromatic N) is 3. The van der Waals surface area contributed by atoms with Crippen molar-refractivity contribution >= 4 is 5.82 Å². The second-order valence-corrected chi connectivity index (χ2v) is 6.39. The molecule has 0 fully saturated rings. The third-order valence-corrected chi connectivity index (χ3v) is 3.32. The summed E-state index contributed by atoms with van der Waals surface area (Å²) in [5.74, 6) is 1.24. The van der Waals surface area contributed by atoms with Crippen molar-refractivity contribution in [3.05, 3.63) is 11.3 Å². The van der Waals surface area contributed by atoms with Gasteiger partial charge in [0.05, 0.1) is 5.69 Å². The van der Waals surface area contributed by atoms with E-state index in [0.29, 0.717) is 0 Å². The highest BCUT2D eigenvalue weighted by Gasteiger charge is 2.18. The van der Waals surface area contributed by atoms with E-state index >= 15 is 0 Å². The van der Waals surface area contributed by atoms with Gasteiger partial charge in [-0.2, -0.15) is 5.10 Å². The standard InChI is InChI=1S/C15H30N4/c1-8-9-10-18(6)14-13(11-16-15(3,4)5)12(2)17-19(14)7/h16H,8-11H2,1-7H3. The fourth-order valence-corrected chi connectivity index (χ4v) is 2.23. The van der Waals surface area contributed by atoms with Crippen LogP contribution in [0.4, 0.5) is 5.82 Å². The Hall–Kier alpha value is -1.03. The van der Waals surface area contributed by atoms with Crippen LogP contribution in [0.5, 0.6) is 0 Å². The predicted octanol–water partition coefficient (Wildman–Crippen LogP) is 2.85. The van der Waals surface area contributed by atoms with E-state index in [-0.39, 0.29) is 5.54 Å². The Morgan fingerprint density at radius 2 is 1.95 bits per heavy atom. The Kier molecular flexibility index (Phi) is 5.41. The zero-order valence-corrected chi connectivity index (χ0v) is 13.7. The van der Waals surface area contributed by atoms with Gasteiger partial charge in [0.1, 0.15) is 5.82 Å². The van der Waals surface area contributed by atoms with E-state index in [9.17, 15) is 0 Å². The van der Waals surface area contributed by atoms with E-state index in [1.54, 1.807) is 0 Å². The van der Waals surface area contributed by atoms with Gasteiger partial charge in [0, 0.05) is 38.3 Å². The lowest BCUT2D eigenvalue weighted by Crippen LogP contribution is -2.35. The summed E-state index contributed by atoms with van der Waals surface area (Å²) in [5.41, 5.74) is 2.57. The Bertz CT molecular complexity index is 401. The lowest BCUT2D eigenvalue weighted by atomic mass is 10.1. The van der Waals surface area contributed by atoms with E-state index in [1.807, 2.05) is 11.7 Å². The van der Waals surface area contributed by atoms with E-state index in [0.717, 1.165) is 18.8 Å². The molecule has 0 radical (unpaired) electrons. The molecule has 1 heterocycles.